The number of hydrogen-bond acceptors (Lipinski definition) is 3. The lowest BCUT2D eigenvalue weighted by Crippen LogP contribution is -2.37. The Balaban J connectivity index is 0.00000200. The number of hydrogen-bond donors (Lipinski definition) is 2. The first-order valence-electron chi connectivity index (χ1n) is 6.91. The van der Waals surface area contributed by atoms with Gasteiger partial charge in [-0.05, 0) is 24.3 Å². The highest BCUT2D eigenvalue weighted by molar-refractivity contribution is 5.85. The van der Waals surface area contributed by atoms with E-state index in [4.69, 9.17) is 10.5 Å². The molecule has 0 saturated carbocycles. The minimum Gasteiger partial charge on any atom is -0.381 e. The minimum absolute atomic E-state index is 0. The summed E-state index contributed by atoms with van der Waals surface area (Å²) in [4.78, 5) is 12.2. The first kappa shape index (κ1) is 17.0. The summed E-state index contributed by atoms with van der Waals surface area (Å²) in [6, 6.07) is 9.71. The van der Waals surface area contributed by atoms with Crippen LogP contribution in [-0.2, 0) is 9.53 Å². The van der Waals surface area contributed by atoms with E-state index in [2.05, 4.69) is 5.32 Å². The molecule has 0 aliphatic carbocycles. The van der Waals surface area contributed by atoms with E-state index in [-0.39, 0.29) is 24.2 Å². The largest absolute Gasteiger partial charge is 0.381 e. The van der Waals surface area contributed by atoms with Crippen LogP contribution in [0.5, 0.6) is 0 Å². The molecule has 1 fully saturated rings. The molecular formula is C15H23ClN2O2. The molecule has 1 aromatic rings. The van der Waals surface area contributed by atoms with Crippen LogP contribution in [0.25, 0.3) is 0 Å². The molecule has 1 heterocycles. The smallest absolute Gasteiger partial charge is 0.228 e. The molecule has 1 aliphatic heterocycles. The van der Waals surface area contributed by atoms with E-state index in [1.165, 1.54) is 0 Å². The Hall–Kier alpha value is -1.10. The number of nitrogens with two attached hydrogens (primary N) is 1. The zero-order valence-electron chi connectivity index (χ0n) is 11.6. The van der Waals surface area contributed by atoms with Gasteiger partial charge >= 0.3 is 0 Å². The van der Waals surface area contributed by atoms with Crippen molar-refractivity contribution in [1.82, 2.24) is 5.32 Å². The van der Waals surface area contributed by atoms with Gasteiger partial charge in [0.25, 0.3) is 0 Å². The Bertz CT molecular complexity index is 394. The molecule has 1 amide bonds. The Kier molecular flexibility index (Phi) is 7.59. The number of amides is 1. The SMILES string of the molecule is Cl.NCC(C(=O)NCC1CCOCC1)c1ccccc1. The molecule has 112 valence electrons. The standard InChI is InChI=1S/C15H22N2O2.ClH/c16-10-14(13-4-2-1-3-5-13)15(18)17-11-12-6-8-19-9-7-12;/h1-5,12,14H,6-11,16H2,(H,17,18);1H. The van der Waals surface area contributed by atoms with Crippen LogP contribution in [0.15, 0.2) is 30.3 Å². The summed E-state index contributed by atoms with van der Waals surface area (Å²) in [5.74, 6) is 0.313. The highest BCUT2D eigenvalue weighted by Crippen LogP contribution is 2.16. The second-order valence-electron chi connectivity index (χ2n) is 5.00. The number of halogens is 1. The summed E-state index contributed by atoms with van der Waals surface area (Å²) in [6.45, 7) is 2.67. The van der Waals surface area contributed by atoms with E-state index >= 15 is 0 Å². The Morgan fingerprint density at radius 2 is 1.95 bits per heavy atom. The van der Waals surface area contributed by atoms with Gasteiger partial charge in [-0.15, -0.1) is 12.4 Å². The molecule has 0 radical (unpaired) electrons. The predicted molar refractivity (Wildman–Crippen MR) is 82.0 cm³/mol. The molecule has 3 N–H and O–H groups in total. The zero-order valence-corrected chi connectivity index (χ0v) is 12.4. The molecule has 1 saturated heterocycles. The van der Waals surface area contributed by atoms with E-state index in [9.17, 15) is 4.79 Å². The molecule has 5 heteroatoms. The molecule has 1 atom stereocenters. The predicted octanol–water partition coefficient (Wildman–Crippen LogP) is 1.69. The van der Waals surface area contributed by atoms with Crippen molar-refractivity contribution in [3.8, 4) is 0 Å². The number of benzene rings is 1. The van der Waals surface area contributed by atoms with E-state index in [1.807, 2.05) is 30.3 Å². The van der Waals surface area contributed by atoms with Gasteiger partial charge in [0.05, 0.1) is 5.92 Å². The Morgan fingerprint density at radius 1 is 1.30 bits per heavy atom. The van der Waals surface area contributed by atoms with Gasteiger partial charge in [0.2, 0.25) is 5.91 Å². The quantitative estimate of drug-likeness (QED) is 0.869. The van der Waals surface area contributed by atoms with Crippen LogP contribution < -0.4 is 11.1 Å². The summed E-state index contributed by atoms with van der Waals surface area (Å²) in [5.41, 5.74) is 6.71. The average molecular weight is 299 g/mol. The normalized spacial score (nSPS) is 17.1. The summed E-state index contributed by atoms with van der Waals surface area (Å²) < 4.78 is 5.31. The molecule has 4 nitrogen and oxygen atoms in total. The Morgan fingerprint density at radius 3 is 2.55 bits per heavy atom. The van der Waals surface area contributed by atoms with Crippen molar-refractivity contribution in [1.29, 1.82) is 0 Å². The third-order valence-corrected chi connectivity index (χ3v) is 3.66. The van der Waals surface area contributed by atoms with E-state index in [0.717, 1.165) is 38.2 Å². The second kappa shape index (κ2) is 8.95. The lowest BCUT2D eigenvalue weighted by atomic mass is 9.97. The van der Waals surface area contributed by atoms with Gasteiger partial charge in [0.15, 0.2) is 0 Å². The van der Waals surface area contributed by atoms with E-state index in [0.29, 0.717) is 12.5 Å². The topological polar surface area (TPSA) is 64.4 Å². The number of carbonyl (C=O) groups excluding carboxylic acids is 1. The summed E-state index contributed by atoms with van der Waals surface area (Å²) in [5, 5.41) is 3.03. The maximum Gasteiger partial charge on any atom is 0.228 e. The molecule has 0 spiro atoms. The first-order chi connectivity index (χ1) is 9.31. The molecule has 0 aromatic heterocycles. The van der Waals surface area contributed by atoms with Crippen LogP contribution >= 0.6 is 12.4 Å². The van der Waals surface area contributed by atoms with Crippen LogP contribution in [0.1, 0.15) is 24.3 Å². The number of ether oxygens (including phenoxy) is 1. The van der Waals surface area contributed by atoms with Crippen molar-refractivity contribution in [2.45, 2.75) is 18.8 Å². The summed E-state index contributed by atoms with van der Waals surface area (Å²) in [6.07, 6.45) is 2.05. The van der Waals surface area contributed by atoms with E-state index in [1.54, 1.807) is 0 Å². The zero-order chi connectivity index (χ0) is 13.5. The Labute approximate surface area is 126 Å². The van der Waals surface area contributed by atoms with Crippen molar-refractivity contribution in [2.75, 3.05) is 26.3 Å². The van der Waals surface area contributed by atoms with E-state index < -0.39 is 0 Å². The number of rotatable bonds is 5. The lowest BCUT2D eigenvalue weighted by molar-refractivity contribution is -0.122. The fraction of sp³-hybridized carbons (Fsp3) is 0.533. The molecular weight excluding hydrogens is 276 g/mol. The number of carbonyl (C=O) groups is 1. The van der Waals surface area contributed by atoms with Crippen LogP contribution in [-0.4, -0.2) is 32.2 Å². The third-order valence-electron chi connectivity index (χ3n) is 3.66. The molecule has 1 aliphatic rings. The first-order valence-corrected chi connectivity index (χ1v) is 6.91. The van der Waals surface area contributed by atoms with Gasteiger partial charge in [-0.1, -0.05) is 30.3 Å². The minimum atomic E-state index is -0.249. The van der Waals surface area contributed by atoms with Crippen molar-refractivity contribution < 1.29 is 9.53 Å². The van der Waals surface area contributed by atoms with Gasteiger partial charge in [0.1, 0.15) is 0 Å². The van der Waals surface area contributed by atoms with Crippen LogP contribution in [0, 0.1) is 5.92 Å². The second-order valence-corrected chi connectivity index (χ2v) is 5.00. The van der Waals surface area contributed by atoms with Crippen molar-refractivity contribution in [3.63, 3.8) is 0 Å². The van der Waals surface area contributed by atoms with Crippen molar-refractivity contribution in [2.24, 2.45) is 11.7 Å². The highest BCUT2D eigenvalue weighted by Gasteiger charge is 2.20. The van der Waals surface area contributed by atoms with Crippen LogP contribution in [0.4, 0.5) is 0 Å². The summed E-state index contributed by atoms with van der Waals surface area (Å²) in [7, 11) is 0. The fourth-order valence-corrected chi connectivity index (χ4v) is 2.40. The third kappa shape index (κ3) is 4.78. The van der Waals surface area contributed by atoms with Gasteiger partial charge in [-0.2, -0.15) is 0 Å². The number of nitrogens with one attached hydrogen (secondary N) is 1. The molecule has 1 aromatic carbocycles. The maximum absolute atomic E-state index is 12.2. The van der Waals surface area contributed by atoms with Crippen molar-refractivity contribution >= 4 is 18.3 Å². The lowest BCUT2D eigenvalue weighted by Gasteiger charge is -2.23. The molecule has 1 unspecified atom stereocenters. The monoisotopic (exact) mass is 298 g/mol. The highest BCUT2D eigenvalue weighted by atomic mass is 35.5. The maximum atomic E-state index is 12.2. The van der Waals surface area contributed by atoms with Gasteiger partial charge in [-0.3, -0.25) is 4.79 Å². The van der Waals surface area contributed by atoms with Crippen LogP contribution in [0.2, 0.25) is 0 Å². The van der Waals surface area contributed by atoms with Gasteiger partial charge < -0.3 is 15.8 Å². The summed E-state index contributed by atoms with van der Waals surface area (Å²) >= 11 is 0. The van der Waals surface area contributed by atoms with Crippen molar-refractivity contribution in [3.05, 3.63) is 35.9 Å². The fourth-order valence-electron chi connectivity index (χ4n) is 2.40. The average Bonchev–Trinajstić information content (AvgIpc) is 2.48. The molecule has 20 heavy (non-hydrogen) atoms. The molecule has 0 bridgehead atoms. The van der Waals surface area contributed by atoms with Gasteiger partial charge in [0, 0.05) is 26.3 Å². The van der Waals surface area contributed by atoms with Crippen LogP contribution in [0.3, 0.4) is 0 Å². The van der Waals surface area contributed by atoms with Gasteiger partial charge in [-0.25, -0.2) is 0 Å². The molecule has 2 rings (SSSR count).